The first-order valence-corrected chi connectivity index (χ1v) is 15.5. The number of rotatable bonds is 9. The molecule has 1 saturated heterocycles. The van der Waals surface area contributed by atoms with Crippen molar-refractivity contribution in [1.82, 2.24) is 4.98 Å². The van der Waals surface area contributed by atoms with E-state index < -0.39 is 17.7 Å². The zero-order chi connectivity index (χ0) is 30.2. The van der Waals surface area contributed by atoms with Gasteiger partial charge in [-0.2, -0.15) is 0 Å². The van der Waals surface area contributed by atoms with Gasteiger partial charge in [-0.1, -0.05) is 48.8 Å². The number of benzene rings is 3. The quantitative estimate of drug-likeness (QED) is 0.0899. The molecule has 1 amide bonds. The van der Waals surface area contributed by atoms with Crippen molar-refractivity contribution in [2.24, 2.45) is 0 Å². The number of carbonyl (C=O) groups is 2. The molecule has 0 bridgehead atoms. The van der Waals surface area contributed by atoms with Crippen molar-refractivity contribution in [3.05, 3.63) is 81.9 Å². The number of carbonyl (C=O) groups excluding carboxylic acids is 2. The van der Waals surface area contributed by atoms with Crippen LogP contribution in [0.2, 0.25) is 5.02 Å². The van der Waals surface area contributed by atoms with Crippen molar-refractivity contribution in [2.45, 2.75) is 51.7 Å². The van der Waals surface area contributed by atoms with Crippen LogP contribution in [0, 0.1) is 0 Å². The maximum absolute atomic E-state index is 13.7. The molecule has 2 aliphatic heterocycles. The Hall–Kier alpha value is -4.08. The van der Waals surface area contributed by atoms with Crippen molar-refractivity contribution < 1.29 is 28.9 Å². The number of thiazole rings is 1. The first kappa shape index (κ1) is 29.0. The van der Waals surface area contributed by atoms with Gasteiger partial charge in [-0.25, -0.2) is 4.98 Å². The Bertz CT molecular complexity index is 1770. The molecular formula is C33H31ClN2O6S. The molecule has 6 rings (SSSR count). The van der Waals surface area contributed by atoms with Gasteiger partial charge in [0.25, 0.3) is 5.78 Å². The third kappa shape index (κ3) is 5.43. The van der Waals surface area contributed by atoms with Gasteiger partial charge in [0.05, 0.1) is 35.5 Å². The van der Waals surface area contributed by atoms with Crippen LogP contribution in [0.25, 0.3) is 16.0 Å². The summed E-state index contributed by atoms with van der Waals surface area (Å²) in [5, 5.41) is 12.5. The minimum absolute atomic E-state index is 0.0145. The van der Waals surface area contributed by atoms with Gasteiger partial charge in [0.15, 0.2) is 16.6 Å². The summed E-state index contributed by atoms with van der Waals surface area (Å²) < 4.78 is 18.2. The van der Waals surface area contributed by atoms with Crippen molar-refractivity contribution >= 4 is 55.7 Å². The Balaban J connectivity index is 1.48. The van der Waals surface area contributed by atoms with Crippen LogP contribution in [-0.2, 0) is 16.0 Å². The molecule has 0 radical (unpaired) electrons. The number of aliphatic hydroxyl groups is 1. The molecule has 43 heavy (non-hydrogen) atoms. The van der Waals surface area contributed by atoms with E-state index in [0.717, 1.165) is 35.3 Å². The van der Waals surface area contributed by atoms with Crippen LogP contribution in [0.15, 0.2) is 60.2 Å². The van der Waals surface area contributed by atoms with E-state index in [-0.39, 0.29) is 17.4 Å². The highest BCUT2D eigenvalue weighted by atomic mass is 35.5. The average molecular weight is 619 g/mol. The number of fused-ring (bicyclic) bond motifs is 2. The molecule has 2 aliphatic rings. The maximum atomic E-state index is 13.7. The molecule has 0 aliphatic carbocycles. The van der Waals surface area contributed by atoms with E-state index in [2.05, 4.69) is 11.9 Å². The molecule has 222 valence electrons. The highest BCUT2D eigenvalue weighted by Gasteiger charge is 2.48. The number of ketones is 1. The molecule has 0 unspecified atom stereocenters. The molecule has 1 N–H and O–H groups in total. The molecule has 3 aromatic carbocycles. The smallest absolute Gasteiger partial charge is 0.301 e. The molecule has 0 spiro atoms. The summed E-state index contributed by atoms with van der Waals surface area (Å²) in [7, 11) is 1.54. The number of unbranched alkanes of at least 4 members (excludes halogenated alkanes) is 2. The van der Waals surface area contributed by atoms with Crippen molar-refractivity contribution in [1.29, 1.82) is 0 Å². The van der Waals surface area contributed by atoms with Crippen LogP contribution in [-0.4, -0.2) is 41.6 Å². The average Bonchev–Trinajstić information content (AvgIpc) is 3.66. The largest absolute Gasteiger partial charge is 0.507 e. The summed E-state index contributed by atoms with van der Waals surface area (Å²) >= 11 is 7.47. The summed E-state index contributed by atoms with van der Waals surface area (Å²) in [6.07, 6.45) is 3.73. The van der Waals surface area contributed by atoms with E-state index in [0.29, 0.717) is 51.3 Å². The Kier molecular flexibility index (Phi) is 8.03. The molecule has 0 saturated carbocycles. The third-order valence-electron chi connectivity index (χ3n) is 7.67. The summed E-state index contributed by atoms with van der Waals surface area (Å²) in [4.78, 5) is 33.5. The molecule has 3 heterocycles. The summed E-state index contributed by atoms with van der Waals surface area (Å²) in [6.45, 7) is 4.64. The van der Waals surface area contributed by atoms with Gasteiger partial charge in [0, 0.05) is 17.0 Å². The fourth-order valence-corrected chi connectivity index (χ4v) is 6.84. The SMILES string of the molecule is CCCCCOc1ccc([C@H]2/C(=C(\O)c3ccc4c(c3)C[C@@H](C)O4)C(=O)C(=O)N2c2nc3ccc(Cl)cc3s2)cc1OC. The van der Waals surface area contributed by atoms with E-state index in [1.54, 1.807) is 55.6 Å². The number of methoxy groups -OCH3 is 1. The van der Waals surface area contributed by atoms with E-state index in [1.165, 1.54) is 16.2 Å². The van der Waals surface area contributed by atoms with Gasteiger partial charge >= 0.3 is 5.91 Å². The molecule has 4 aromatic rings. The first-order chi connectivity index (χ1) is 20.8. The highest BCUT2D eigenvalue weighted by molar-refractivity contribution is 7.22. The van der Waals surface area contributed by atoms with Crippen molar-refractivity contribution in [3.63, 3.8) is 0 Å². The molecule has 8 nitrogen and oxygen atoms in total. The van der Waals surface area contributed by atoms with Crippen LogP contribution in [0.4, 0.5) is 5.13 Å². The Morgan fingerprint density at radius 3 is 2.74 bits per heavy atom. The van der Waals surface area contributed by atoms with Gasteiger partial charge < -0.3 is 19.3 Å². The summed E-state index contributed by atoms with van der Waals surface area (Å²) in [5.74, 6) is -0.0943. The zero-order valence-electron chi connectivity index (χ0n) is 24.1. The highest BCUT2D eigenvalue weighted by Crippen LogP contribution is 2.46. The second-order valence-electron chi connectivity index (χ2n) is 10.7. The van der Waals surface area contributed by atoms with E-state index in [4.69, 9.17) is 25.8 Å². The van der Waals surface area contributed by atoms with Gasteiger partial charge in [-0.3, -0.25) is 14.5 Å². The maximum Gasteiger partial charge on any atom is 0.301 e. The minimum Gasteiger partial charge on any atom is -0.507 e. The number of aliphatic hydroxyl groups excluding tert-OH is 1. The predicted octanol–water partition coefficient (Wildman–Crippen LogP) is 7.48. The molecular weight excluding hydrogens is 588 g/mol. The monoisotopic (exact) mass is 618 g/mol. The number of Topliss-reactive ketones (excluding diaryl/α,β-unsaturated/α-hetero) is 1. The number of amides is 1. The number of halogens is 1. The van der Waals surface area contributed by atoms with E-state index in [1.807, 2.05) is 13.0 Å². The van der Waals surface area contributed by atoms with E-state index in [9.17, 15) is 14.7 Å². The van der Waals surface area contributed by atoms with Crippen LogP contribution in [0.5, 0.6) is 17.2 Å². The van der Waals surface area contributed by atoms with Crippen molar-refractivity contribution in [3.8, 4) is 17.2 Å². The lowest BCUT2D eigenvalue weighted by Gasteiger charge is -2.24. The molecule has 2 atom stereocenters. The van der Waals surface area contributed by atoms with Gasteiger partial charge in [-0.05, 0) is 73.0 Å². The predicted molar refractivity (Wildman–Crippen MR) is 168 cm³/mol. The van der Waals surface area contributed by atoms with Gasteiger partial charge in [0.2, 0.25) is 0 Å². The normalized spacial score (nSPS) is 19.1. The molecule has 1 aromatic heterocycles. The Morgan fingerprint density at radius 2 is 1.95 bits per heavy atom. The first-order valence-electron chi connectivity index (χ1n) is 14.3. The lowest BCUT2D eigenvalue weighted by molar-refractivity contribution is -0.132. The summed E-state index contributed by atoms with van der Waals surface area (Å²) in [6, 6.07) is 14.9. The molecule has 1 fully saturated rings. The van der Waals surface area contributed by atoms with Crippen LogP contribution in [0.1, 0.15) is 55.8 Å². The fourth-order valence-electron chi connectivity index (χ4n) is 5.57. The molecule has 10 heteroatoms. The van der Waals surface area contributed by atoms with Crippen molar-refractivity contribution in [2.75, 3.05) is 18.6 Å². The third-order valence-corrected chi connectivity index (χ3v) is 8.92. The zero-order valence-corrected chi connectivity index (χ0v) is 25.6. The summed E-state index contributed by atoms with van der Waals surface area (Å²) in [5.41, 5.74) is 2.53. The number of hydrogen-bond acceptors (Lipinski definition) is 8. The Morgan fingerprint density at radius 1 is 1.12 bits per heavy atom. The standard InChI is InChI=1S/C33H31ClN2O6S/c1-4-5-6-13-41-25-12-7-19(16-26(25)40-3)29-28(30(37)20-8-11-24-21(15-20)14-18(2)42-24)31(38)32(39)36(29)33-35-23-10-9-22(34)17-27(23)43-33/h7-12,15-18,29,37H,4-6,13-14H2,1-3H3/b30-28+/t18-,29+/m1/s1. The van der Waals surface area contributed by atoms with Gasteiger partial charge in [-0.15, -0.1) is 0 Å². The number of hydrogen-bond donors (Lipinski definition) is 1. The topological polar surface area (TPSA) is 98.2 Å². The number of nitrogens with zero attached hydrogens (tertiary/aromatic N) is 2. The fraction of sp³-hybridized carbons (Fsp3) is 0.303. The minimum atomic E-state index is -0.970. The van der Waals surface area contributed by atoms with Crippen LogP contribution < -0.4 is 19.1 Å². The second kappa shape index (κ2) is 11.9. The lowest BCUT2D eigenvalue weighted by atomic mass is 9.94. The number of aromatic nitrogens is 1. The number of anilines is 1. The lowest BCUT2D eigenvalue weighted by Crippen LogP contribution is -2.29. The number of ether oxygens (including phenoxy) is 3. The second-order valence-corrected chi connectivity index (χ2v) is 12.1. The van der Waals surface area contributed by atoms with E-state index >= 15 is 0 Å². The Labute approximate surface area is 258 Å². The van der Waals surface area contributed by atoms with Crippen LogP contribution in [0.3, 0.4) is 0 Å². The van der Waals surface area contributed by atoms with Gasteiger partial charge in [0.1, 0.15) is 17.6 Å². The van der Waals surface area contributed by atoms with Crippen LogP contribution >= 0.6 is 22.9 Å².